The lowest BCUT2D eigenvalue weighted by atomic mass is 9.77. The molecule has 1 aliphatic carbocycles. The number of aromatic nitrogens is 4. The van der Waals surface area contributed by atoms with Gasteiger partial charge in [-0.1, -0.05) is 0 Å². The van der Waals surface area contributed by atoms with Crippen molar-refractivity contribution >= 4 is 11.9 Å². The van der Waals surface area contributed by atoms with Gasteiger partial charge in [0, 0.05) is 44.4 Å². The molecule has 0 bridgehead atoms. The van der Waals surface area contributed by atoms with Gasteiger partial charge in [0.25, 0.3) is 17.0 Å². The van der Waals surface area contributed by atoms with Crippen LogP contribution >= 0.6 is 0 Å². The zero-order valence-corrected chi connectivity index (χ0v) is 15.4. The summed E-state index contributed by atoms with van der Waals surface area (Å²) in [5.41, 5.74) is 1.04. The summed E-state index contributed by atoms with van der Waals surface area (Å²) in [7, 11) is 3.68. The maximum atomic E-state index is 12.9. The summed E-state index contributed by atoms with van der Waals surface area (Å²) >= 11 is 0. The second-order valence-corrected chi connectivity index (χ2v) is 7.52. The predicted molar refractivity (Wildman–Crippen MR) is 99.2 cm³/mol. The molecule has 1 atom stereocenters. The molecule has 2 aliphatic rings. The molecule has 1 spiro atoms. The molecule has 1 fully saturated rings. The van der Waals surface area contributed by atoms with E-state index in [0.29, 0.717) is 25.5 Å². The molecule has 4 rings (SSSR count). The third-order valence-corrected chi connectivity index (χ3v) is 5.54. The second kappa shape index (κ2) is 6.33. The minimum absolute atomic E-state index is 0.0914. The minimum Gasteiger partial charge on any atom is -0.348 e. The number of hydrogen-bond acceptors (Lipinski definition) is 6. The van der Waals surface area contributed by atoms with Crippen molar-refractivity contribution in [3.05, 3.63) is 50.1 Å². The Balaban J connectivity index is 1.68. The van der Waals surface area contributed by atoms with Crippen LogP contribution in [0.2, 0.25) is 0 Å². The van der Waals surface area contributed by atoms with Gasteiger partial charge in [-0.2, -0.15) is 0 Å². The normalized spacial score (nSPS) is 21.3. The number of H-pyrrole nitrogens is 2. The Labute approximate surface area is 155 Å². The highest BCUT2D eigenvalue weighted by Gasteiger charge is 2.46. The van der Waals surface area contributed by atoms with Gasteiger partial charge in [-0.05, 0) is 25.7 Å². The number of piperidine rings is 1. The van der Waals surface area contributed by atoms with Gasteiger partial charge >= 0.3 is 0 Å². The number of rotatable bonds is 2. The van der Waals surface area contributed by atoms with Crippen molar-refractivity contribution in [2.24, 2.45) is 0 Å². The first-order valence-electron chi connectivity index (χ1n) is 9.05. The zero-order valence-electron chi connectivity index (χ0n) is 15.4. The molecule has 9 nitrogen and oxygen atoms in total. The summed E-state index contributed by atoms with van der Waals surface area (Å²) in [5, 5.41) is 0. The summed E-state index contributed by atoms with van der Waals surface area (Å²) in [6, 6.07) is 0. The minimum atomic E-state index is -0.342. The van der Waals surface area contributed by atoms with E-state index in [9.17, 15) is 14.4 Å². The van der Waals surface area contributed by atoms with Crippen LogP contribution in [0.25, 0.3) is 0 Å². The van der Waals surface area contributed by atoms with Crippen LogP contribution in [-0.4, -0.2) is 57.9 Å². The van der Waals surface area contributed by atoms with Gasteiger partial charge in [-0.15, -0.1) is 0 Å². The molecular formula is C18H22N6O3. The summed E-state index contributed by atoms with van der Waals surface area (Å²) in [6.45, 7) is 1.13. The Morgan fingerprint density at radius 1 is 1.30 bits per heavy atom. The average Bonchev–Trinajstić information content (AvgIpc) is 3.00. The molecule has 142 valence electrons. The van der Waals surface area contributed by atoms with Crippen molar-refractivity contribution < 1.29 is 4.79 Å². The largest absolute Gasteiger partial charge is 0.348 e. The van der Waals surface area contributed by atoms with Crippen LogP contribution in [0, 0.1) is 0 Å². The second-order valence-electron chi connectivity index (χ2n) is 7.52. The molecular weight excluding hydrogens is 348 g/mol. The molecule has 2 aromatic heterocycles. The maximum Gasteiger partial charge on any atom is 0.273 e. The van der Waals surface area contributed by atoms with E-state index in [1.807, 2.05) is 14.1 Å². The number of hydrogen-bond donors (Lipinski definition) is 2. The topological polar surface area (TPSA) is 115 Å². The van der Waals surface area contributed by atoms with Crippen molar-refractivity contribution in [1.82, 2.24) is 24.8 Å². The Morgan fingerprint density at radius 3 is 2.81 bits per heavy atom. The van der Waals surface area contributed by atoms with Crippen LogP contribution in [0.4, 0.5) is 5.95 Å². The molecule has 2 N–H and O–H groups in total. The van der Waals surface area contributed by atoms with Gasteiger partial charge in [0.2, 0.25) is 5.95 Å². The Morgan fingerprint density at radius 2 is 2.11 bits per heavy atom. The number of nitrogens with one attached hydrogen (secondary N) is 2. The number of fused-ring (bicyclic) bond motifs is 2. The highest BCUT2D eigenvalue weighted by molar-refractivity contribution is 5.92. The number of nitrogens with zero attached hydrogens (tertiary/aromatic N) is 4. The summed E-state index contributed by atoms with van der Waals surface area (Å²) in [4.78, 5) is 54.1. The molecule has 0 aromatic carbocycles. The molecule has 1 saturated heterocycles. The first-order valence-corrected chi connectivity index (χ1v) is 9.05. The number of carbonyl (C=O) groups excluding carboxylic acids is 1. The van der Waals surface area contributed by atoms with Crippen LogP contribution in [0.15, 0.2) is 22.0 Å². The lowest BCUT2D eigenvalue weighted by molar-refractivity contribution is 0.0627. The van der Waals surface area contributed by atoms with Crippen molar-refractivity contribution in [3.63, 3.8) is 0 Å². The van der Waals surface area contributed by atoms with Crippen LogP contribution in [0.3, 0.4) is 0 Å². The van der Waals surface area contributed by atoms with E-state index in [1.54, 1.807) is 9.80 Å². The van der Waals surface area contributed by atoms with E-state index in [1.165, 1.54) is 6.20 Å². The van der Waals surface area contributed by atoms with E-state index < -0.39 is 0 Å². The first kappa shape index (κ1) is 17.4. The zero-order chi connectivity index (χ0) is 19.2. The number of carbonyl (C=O) groups is 1. The van der Waals surface area contributed by atoms with Gasteiger partial charge in [0.1, 0.15) is 5.69 Å². The average molecular weight is 370 g/mol. The highest BCUT2D eigenvalue weighted by atomic mass is 16.2. The van der Waals surface area contributed by atoms with E-state index in [2.05, 4.69) is 15.0 Å². The molecule has 1 aliphatic heterocycles. The lowest BCUT2D eigenvalue weighted by Gasteiger charge is -2.40. The Bertz CT molecular complexity index is 990. The van der Waals surface area contributed by atoms with Crippen molar-refractivity contribution in [1.29, 1.82) is 0 Å². The SMILES string of the molecule is CN(C)c1nc2c(c(=O)[nH]1)CCC21CCCN(C(=O)c2c[nH]c(=O)cn2)C1. The van der Waals surface area contributed by atoms with Crippen LogP contribution in [0.1, 0.15) is 41.0 Å². The van der Waals surface area contributed by atoms with Crippen molar-refractivity contribution in [2.45, 2.75) is 31.1 Å². The molecule has 3 heterocycles. The van der Waals surface area contributed by atoms with Crippen LogP contribution < -0.4 is 16.0 Å². The van der Waals surface area contributed by atoms with Gasteiger partial charge in [0.05, 0.1) is 11.9 Å². The monoisotopic (exact) mass is 370 g/mol. The molecule has 1 amide bonds. The maximum absolute atomic E-state index is 12.9. The van der Waals surface area contributed by atoms with Gasteiger partial charge in [-0.25, -0.2) is 9.97 Å². The fraction of sp³-hybridized carbons (Fsp3) is 0.500. The molecule has 1 unspecified atom stereocenters. The Hall–Kier alpha value is -2.97. The Kier molecular flexibility index (Phi) is 4.09. The molecule has 9 heteroatoms. The smallest absolute Gasteiger partial charge is 0.273 e. The van der Waals surface area contributed by atoms with Gasteiger partial charge < -0.3 is 14.8 Å². The van der Waals surface area contributed by atoms with Crippen LogP contribution in [-0.2, 0) is 11.8 Å². The van der Waals surface area contributed by atoms with E-state index in [4.69, 9.17) is 4.98 Å². The standard InChI is InChI=1S/C18H22N6O3/c1-23(2)17-21-14-11(15(26)22-17)4-6-18(14)5-3-7-24(10-18)16(27)12-8-20-13(25)9-19-12/h8-9H,3-7,10H2,1-2H3,(H,20,25)(H,21,22,26). The number of amides is 1. The fourth-order valence-electron chi connectivity index (χ4n) is 4.17. The van der Waals surface area contributed by atoms with Gasteiger partial charge in [-0.3, -0.25) is 19.4 Å². The number of likely N-dealkylation sites (tertiary alicyclic amines) is 1. The number of aromatic amines is 2. The lowest BCUT2D eigenvalue weighted by Crippen LogP contribution is -2.48. The molecule has 0 saturated carbocycles. The third kappa shape index (κ3) is 2.92. The predicted octanol–water partition coefficient (Wildman–Crippen LogP) is 0.0394. The quantitative estimate of drug-likeness (QED) is 0.771. The van der Waals surface area contributed by atoms with Gasteiger partial charge in [0.15, 0.2) is 0 Å². The first-order chi connectivity index (χ1) is 12.9. The molecule has 2 aromatic rings. The van der Waals surface area contributed by atoms with E-state index in [-0.39, 0.29) is 28.1 Å². The molecule has 27 heavy (non-hydrogen) atoms. The fourth-order valence-corrected chi connectivity index (χ4v) is 4.17. The highest BCUT2D eigenvalue weighted by Crippen LogP contribution is 2.43. The molecule has 0 radical (unpaired) electrons. The summed E-state index contributed by atoms with van der Waals surface area (Å²) in [5.74, 6) is 0.322. The van der Waals surface area contributed by atoms with E-state index >= 15 is 0 Å². The van der Waals surface area contributed by atoms with E-state index in [0.717, 1.165) is 36.7 Å². The van der Waals surface area contributed by atoms with Crippen LogP contribution in [0.5, 0.6) is 0 Å². The number of anilines is 1. The van der Waals surface area contributed by atoms with Crippen molar-refractivity contribution in [2.75, 3.05) is 32.1 Å². The van der Waals surface area contributed by atoms with Crippen molar-refractivity contribution in [3.8, 4) is 0 Å². The summed E-state index contributed by atoms with van der Waals surface area (Å²) < 4.78 is 0. The summed E-state index contributed by atoms with van der Waals surface area (Å²) in [6.07, 6.45) is 5.67. The third-order valence-electron chi connectivity index (χ3n) is 5.54.